The van der Waals surface area contributed by atoms with Gasteiger partial charge in [-0.2, -0.15) is 23.3 Å². The van der Waals surface area contributed by atoms with Gasteiger partial charge in [0, 0.05) is 10.2 Å². The summed E-state index contributed by atoms with van der Waals surface area (Å²) in [6, 6.07) is 6.17. The molecule has 1 fully saturated rings. The fraction of sp³-hybridized carbons (Fsp3) is 0.579. The molecule has 4 nitrogen and oxygen atoms in total. The van der Waals surface area contributed by atoms with Gasteiger partial charge in [0.15, 0.2) is 0 Å². The maximum atomic E-state index is 14.0. The average molecular weight is 447 g/mol. The van der Waals surface area contributed by atoms with Crippen molar-refractivity contribution in [2.75, 3.05) is 0 Å². The van der Waals surface area contributed by atoms with E-state index in [4.69, 9.17) is 0 Å². The average Bonchev–Trinajstić information content (AvgIpc) is 2.87. The summed E-state index contributed by atoms with van der Waals surface area (Å²) in [5.41, 5.74) is -3.26. The van der Waals surface area contributed by atoms with E-state index in [0.29, 0.717) is 17.3 Å². The molecule has 0 bridgehead atoms. The SMILES string of the molecule is CC(C)(C)[C@@H]1CCC2=NN(C(=O)c3ccccc3Br)[C@](O)(C(F)(F)F)[C@H]2C1. The smallest absolute Gasteiger partial charge is 0.362 e. The van der Waals surface area contributed by atoms with Crippen LogP contribution in [0.15, 0.2) is 33.8 Å². The van der Waals surface area contributed by atoms with Crippen LogP contribution in [0, 0.1) is 17.3 Å². The van der Waals surface area contributed by atoms with Crippen LogP contribution in [-0.4, -0.2) is 33.6 Å². The molecule has 0 spiro atoms. The van der Waals surface area contributed by atoms with Gasteiger partial charge >= 0.3 is 6.18 Å². The minimum absolute atomic E-state index is 0.00571. The second kappa shape index (κ2) is 6.58. The highest BCUT2D eigenvalue weighted by Gasteiger charge is 2.69. The van der Waals surface area contributed by atoms with Gasteiger partial charge in [-0.05, 0) is 58.7 Å². The molecular weight excluding hydrogens is 425 g/mol. The molecule has 1 N–H and O–H groups in total. The van der Waals surface area contributed by atoms with Crippen LogP contribution in [0.4, 0.5) is 13.2 Å². The number of benzene rings is 1. The zero-order chi connectivity index (χ0) is 20.2. The number of hydrogen-bond acceptors (Lipinski definition) is 3. The van der Waals surface area contributed by atoms with Crippen molar-refractivity contribution in [1.29, 1.82) is 0 Å². The minimum Gasteiger partial charge on any atom is -0.362 e. The number of hydrazone groups is 1. The summed E-state index contributed by atoms with van der Waals surface area (Å²) in [5, 5.41) is 15.1. The lowest BCUT2D eigenvalue weighted by Crippen LogP contribution is -2.62. The van der Waals surface area contributed by atoms with Crippen LogP contribution in [0.1, 0.15) is 50.4 Å². The van der Waals surface area contributed by atoms with Gasteiger partial charge in [-0.15, -0.1) is 0 Å². The fourth-order valence-electron chi connectivity index (χ4n) is 3.96. The molecule has 2 aliphatic rings. The van der Waals surface area contributed by atoms with E-state index >= 15 is 0 Å². The molecule has 0 saturated heterocycles. The molecule has 0 unspecified atom stereocenters. The number of rotatable bonds is 1. The molecule has 1 aliphatic heterocycles. The fourth-order valence-corrected chi connectivity index (χ4v) is 4.41. The van der Waals surface area contributed by atoms with E-state index in [1.807, 2.05) is 20.8 Å². The monoisotopic (exact) mass is 446 g/mol. The highest BCUT2D eigenvalue weighted by Crippen LogP contribution is 2.52. The Morgan fingerprint density at radius 2 is 1.93 bits per heavy atom. The Bertz CT molecular complexity index is 788. The summed E-state index contributed by atoms with van der Waals surface area (Å²) >= 11 is 3.19. The molecule has 1 amide bonds. The summed E-state index contributed by atoms with van der Waals surface area (Å²) in [4.78, 5) is 12.9. The topological polar surface area (TPSA) is 52.9 Å². The first-order valence-electron chi connectivity index (χ1n) is 8.83. The molecule has 1 aromatic rings. The zero-order valence-corrected chi connectivity index (χ0v) is 16.9. The van der Waals surface area contributed by atoms with E-state index < -0.39 is 23.7 Å². The molecule has 1 aliphatic carbocycles. The van der Waals surface area contributed by atoms with Gasteiger partial charge in [-0.3, -0.25) is 4.79 Å². The number of alkyl halides is 3. The lowest BCUT2D eigenvalue weighted by molar-refractivity contribution is -0.314. The van der Waals surface area contributed by atoms with Gasteiger partial charge in [-0.25, -0.2) is 0 Å². The van der Waals surface area contributed by atoms with Gasteiger partial charge in [0.05, 0.1) is 11.5 Å². The number of hydrogen-bond donors (Lipinski definition) is 1. The van der Waals surface area contributed by atoms with Gasteiger partial charge in [0.25, 0.3) is 11.6 Å². The van der Waals surface area contributed by atoms with Gasteiger partial charge in [0.2, 0.25) is 0 Å². The molecule has 1 saturated carbocycles. The summed E-state index contributed by atoms with van der Waals surface area (Å²) in [5.74, 6) is -2.23. The third-order valence-corrected chi connectivity index (χ3v) is 6.34. The number of nitrogens with zero attached hydrogens (tertiary/aromatic N) is 2. The molecule has 1 heterocycles. The minimum atomic E-state index is -5.03. The predicted molar refractivity (Wildman–Crippen MR) is 99.0 cm³/mol. The number of halogens is 4. The maximum Gasteiger partial charge on any atom is 0.439 e. The van der Waals surface area contributed by atoms with Crippen LogP contribution in [-0.2, 0) is 0 Å². The second-order valence-corrected chi connectivity index (χ2v) is 9.16. The normalized spacial score (nSPS) is 28.7. The Morgan fingerprint density at radius 3 is 2.48 bits per heavy atom. The van der Waals surface area contributed by atoms with E-state index in [2.05, 4.69) is 21.0 Å². The van der Waals surface area contributed by atoms with Gasteiger partial charge in [-0.1, -0.05) is 32.9 Å². The predicted octanol–water partition coefficient (Wildman–Crippen LogP) is 4.97. The molecule has 0 radical (unpaired) electrons. The maximum absolute atomic E-state index is 14.0. The van der Waals surface area contributed by atoms with E-state index in [0.717, 1.165) is 0 Å². The van der Waals surface area contributed by atoms with E-state index in [1.165, 1.54) is 6.07 Å². The van der Waals surface area contributed by atoms with Gasteiger partial charge < -0.3 is 5.11 Å². The van der Waals surface area contributed by atoms with Crippen molar-refractivity contribution in [3.05, 3.63) is 34.3 Å². The summed E-state index contributed by atoms with van der Waals surface area (Å²) in [7, 11) is 0. The van der Waals surface area contributed by atoms with Crippen LogP contribution in [0.5, 0.6) is 0 Å². The van der Waals surface area contributed by atoms with Crippen molar-refractivity contribution < 1.29 is 23.1 Å². The highest BCUT2D eigenvalue weighted by molar-refractivity contribution is 9.10. The lowest BCUT2D eigenvalue weighted by atomic mass is 9.66. The Hall–Kier alpha value is -1.41. The molecule has 8 heteroatoms. The van der Waals surface area contributed by atoms with Crippen LogP contribution < -0.4 is 0 Å². The standard InChI is InChI=1S/C19H22BrF3N2O2/c1-17(2,3)11-8-9-15-13(10-11)18(27,19(21,22)23)25(24-15)16(26)12-6-4-5-7-14(12)20/h4-7,11,13,27H,8-10H2,1-3H3/t11-,13+,18-/m1/s1. The number of aliphatic hydroxyl groups is 1. The molecule has 0 aromatic heterocycles. The van der Waals surface area contributed by atoms with Crippen molar-refractivity contribution >= 4 is 27.5 Å². The van der Waals surface area contributed by atoms with Crippen molar-refractivity contribution in [1.82, 2.24) is 5.01 Å². The Balaban J connectivity index is 2.04. The first-order chi connectivity index (χ1) is 12.4. The first-order valence-corrected chi connectivity index (χ1v) is 9.62. The van der Waals surface area contributed by atoms with Gasteiger partial charge in [0.1, 0.15) is 0 Å². The number of fused-ring (bicyclic) bond motifs is 1. The Morgan fingerprint density at radius 1 is 1.30 bits per heavy atom. The van der Waals surface area contributed by atoms with Crippen LogP contribution >= 0.6 is 15.9 Å². The molecule has 148 valence electrons. The molecule has 3 rings (SSSR count). The Labute approximate surface area is 164 Å². The quantitative estimate of drug-likeness (QED) is 0.661. The van der Waals surface area contributed by atoms with E-state index in [9.17, 15) is 23.1 Å². The van der Waals surface area contributed by atoms with Crippen molar-refractivity contribution in [3.63, 3.8) is 0 Å². The van der Waals surface area contributed by atoms with E-state index in [1.54, 1.807) is 18.2 Å². The first kappa shape index (κ1) is 20.3. The third-order valence-electron chi connectivity index (χ3n) is 5.65. The summed E-state index contributed by atoms with van der Waals surface area (Å²) in [6.07, 6.45) is -3.87. The molecule has 1 aromatic carbocycles. The molecule has 3 atom stereocenters. The van der Waals surface area contributed by atoms with Crippen LogP contribution in [0.3, 0.4) is 0 Å². The number of carbonyl (C=O) groups is 1. The lowest BCUT2D eigenvalue weighted by Gasteiger charge is -2.42. The van der Waals surface area contributed by atoms with Crippen molar-refractivity contribution in [3.8, 4) is 0 Å². The largest absolute Gasteiger partial charge is 0.439 e. The Kier molecular flexibility index (Phi) is 4.96. The highest BCUT2D eigenvalue weighted by atomic mass is 79.9. The second-order valence-electron chi connectivity index (χ2n) is 8.30. The van der Waals surface area contributed by atoms with E-state index in [-0.39, 0.29) is 34.0 Å². The van der Waals surface area contributed by atoms with Crippen molar-refractivity contribution in [2.24, 2.45) is 22.4 Å². The zero-order valence-electron chi connectivity index (χ0n) is 15.3. The number of amides is 1. The van der Waals surface area contributed by atoms with Crippen LogP contribution in [0.25, 0.3) is 0 Å². The summed E-state index contributed by atoms with van der Waals surface area (Å²) in [6.45, 7) is 5.93. The summed E-state index contributed by atoms with van der Waals surface area (Å²) < 4.78 is 42.5. The molecule has 27 heavy (non-hydrogen) atoms. The third kappa shape index (κ3) is 3.31. The number of carbonyl (C=O) groups excluding carboxylic acids is 1. The molecular formula is C19H22BrF3N2O2. The van der Waals surface area contributed by atoms with Crippen molar-refractivity contribution in [2.45, 2.75) is 51.9 Å². The van der Waals surface area contributed by atoms with Crippen LogP contribution in [0.2, 0.25) is 0 Å².